The number of rotatable bonds is 5. The molecule has 4 rings (SSSR count). The van der Waals surface area contributed by atoms with Crippen LogP contribution in [0.15, 0.2) is 24.4 Å². The van der Waals surface area contributed by atoms with E-state index in [-0.39, 0.29) is 30.3 Å². The number of nitrogens with zero attached hydrogens (tertiary/aromatic N) is 2. The molecule has 25 heavy (non-hydrogen) atoms. The Labute approximate surface area is 148 Å². The molecule has 4 atom stereocenters. The number of pyridine rings is 1. The fraction of sp³-hybridized carbons (Fsp3) is 0.684. The molecular weight excluding hydrogens is 320 g/mol. The highest BCUT2D eigenvalue weighted by Crippen LogP contribution is 2.33. The minimum Gasteiger partial charge on any atom is -0.372 e. The molecule has 3 saturated heterocycles. The zero-order valence-corrected chi connectivity index (χ0v) is 14.5. The lowest BCUT2D eigenvalue weighted by atomic mass is 9.99. The number of amides is 1. The molecule has 136 valence electrons. The molecule has 1 amide bonds. The second kappa shape index (κ2) is 7.81. The van der Waals surface area contributed by atoms with Gasteiger partial charge in [0.25, 0.3) is 5.91 Å². The van der Waals surface area contributed by atoms with E-state index >= 15 is 0 Å². The van der Waals surface area contributed by atoms with Gasteiger partial charge in [-0.1, -0.05) is 6.07 Å². The van der Waals surface area contributed by atoms with E-state index < -0.39 is 0 Å². The predicted molar refractivity (Wildman–Crippen MR) is 90.9 cm³/mol. The summed E-state index contributed by atoms with van der Waals surface area (Å²) in [6.07, 6.45) is 6.49. The summed E-state index contributed by atoms with van der Waals surface area (Å²) in [6.45, 7) is 2.60. The molecule has 0 N–H and O–H groups in total. The van der Waals surface area contributed by atoms with Crippen LogP contribution in [0.4, 0.5) is 0 Å². The number of carbonyl (C=O) groups excluding carboxylic acids is 1. The maximum atomic E-state index is 12.6. The first-order valence-corrected chi connectivity index (χ1v) is 9.36. The summed E-state index contributed by atoms with van der Waals surface area (Å²) >= 11 is 0. The molecule has 1 aromatic rings. The molecular formula is C19H26N2O4. The molecule has 1 aromatic heterocycles. The Morgan fingerprint density at radius 3 is 3.04 bits per heavy atom. The first-order chi connectivity index (χ1) is 12.3. The summed E-state index contributed by atoms with van der Waals surface area (Å²) in [6, 6.07) is 6.04. The number of hydrogen-bond donors (Lipinski definition) is 0. The van der Waals surface area contributed by atoms with Gasteiger partial charge < -0.3 is 19.1 Å². The molecule has 0 radical (unpaired) electrons. The van der Waals surface area contributed by atoms with Crippen molar-refractivity contribution in [3.8, 4) is 0 Å². The lowest BCUT2D eigenvalue weighted by molar-refractivity contribution is -0.148. The van der Waals surface area contributed by atoms with E-state index in [9.17, 15) is 4.79 Å². The first kappa shape index (κ1) is 16.9. The van der Waals surface area contributed by atoms with Crippen LogP contribution in [-0.2, 0) is 25.6 Å². The molecule has 0 spiro atoms. The fourth-order valence-electron chi connectivity index (χ4n) is 4.13. The highest BCUT2D eigenvalue weighted by atomic mass is 16.5. The number of carbonyl (C=O) groups is 1. The Morgan fingerprint density at radius 1 is 1.28 bits per heavy atom. The molecule has 0 unspecified atom stereocenters. The normalized spacial score (nSPS) is 31.9. The molecule has 0 bridgehead atoms. The summed E-state index contributed by atoms with van der Waals surface area (Å²) in [5.41, 5.74) is 0.936. The van der Waals surface area contributed by atoms with Crippen molar-refractivity contribution >= 4 is 5.91 Å². The topological polar surface area (TPSA) is 60.9 Å². The largest absolute Gasteiger partial charge is 0.372 e. The minimum atomic E-state index is -0.224. The van der Waals surface area contributed by atoms with Crippen molar-refractivity contribution in [3.63, 3.8) is 0 Å². The van der Waals surface area contributed by atoms with Crippen molar-refractivity contribution in [2.75, 3.05) is 19.8 Å². The third kappa shape index (κ3) is 3.86. The monoisotopic (exact) mass is 346 g/mol. The Bertz CT molecular complexity index is 576. The fourth-order valence-corrected chi connectivity index (χ4v) is 4.13. The minimum absolute atomic E-state index is 0.114. The molecule has 0 saturated carbocycles. The van der Waals surface area contributed by atoms with Gasteiger partial charge in [-0.25, -0.2) is 0 Å². The van der Waals surface area contributed by atoms with Crippen LogP contribution < -0.4 is 0 Å². The quantitative estimate of drug-likeness (QED) is 0.815. The van der Waals surface area contributed by atoms with Gasteiger partial charge in [0.15, 0.2) is 0 Å². The summed E-state index contributed by atoms with van der Waals surface area (Å²) < 4.78 is 17.6. The van der Waals surface area contributed by atoms with Crippen LogP contribution >= 0.6 is 0 Å². The van der Waals surface area contributed by atoms with E-state index in [1.807, 2.05) is 23.1 Å². The van der Waals surface area contributed by atoms with Crippen LogP contribution in [0.2, 0.25) is 0 Å². The number of fused-ring (bicyclic) bond motifs is 1. The Morgan fingerprint density at radius 2 is 2.24 bits per heavy atom. The summed E-state index contributed by atoms with van der Waals surface area (Å²) in [4.78, 5) is 18.9. The first-order valence-electron chi connectivity index (χ1n) is 9.36. The van der Waals surface area contributed by atoms with Crippen molar-refractivity contribution in [1.82, 2.24) is 9.88 Å². The highest BCUT2D eigenvalue weighted by Gasteiger charge is 2.44. The maximum absolute atomic E-state index is 12.6. The number of hydrogen-bond acceptors (Lipinski definition) is 5. The van der Waals surface area contributed by atoms with Gasteiger partial charge in [0, 0.05) is 19.3 Å². The lowest BCUT2D eigenvalue weighted by Crippen LogP contribution is -2.48. The molecule has 4 heterocycles. The molecule has 3 aliphatic heterocycles. The van der Waals surface area contributed by atoms with Gasteiger partial charge >= 0.3 is 0 Å². The van der Waals surface area contributed by atoms with Gasteiger partial charge in [-0.15, -0.1) is 0 Å². The van der Waals surface area contributed by atoms with E-state index in [4.69, 9.17) is 14.2 Å². The van der Waals surface area contributed by atoms with Gasteiger partial charge in [-0.3, -0.25) is 9.78 Å². The third-order valence-corrected chi connectivity index (χ3v) is 5.40. The molecule has 6 heteroatoms. The molecule has 0 aliphatic carbocycles. The van der Waals surface area contributed by atoms with E-state index in [0.29, 0.717) is 19.8 Å². The zero-order chi connectivity index (χ0) is 17.1. The van der Waals surface area contributed by atoms with E-state index in [0.717, 1.165) is 44.3 Å². The van der Waals surface area contributed by atoms with Gasteiger partial charge in [-0.2, -0.15) is 0 Å². The Hall–Kier alpha value is -1.50. The Balaban J connectivity index is 1.25. The Kier molecular flexibility index (Phi) is 5.29. The summed E-state index contributed by atoms with van der Waals surface area (Å²) in [5.74, 6) is 0.165. The summed E-state index contributed by atoms with van der Waals surface area (Å²) in [5, 5.41) is 0. The zero-order valence-electron chi connectivity index (χ0n) is 14.5. The molecule has 0 aromatic carbocycles. The van der Waals surface area contributed by atoms with E-state index in [1.54, 1.807) is 6.20 Å². The van der Waals surface area contributed by atoms with Crippen molar-refractivity contribution < 1.29 is 19.0 Å². The highest BCUT2D eigenvalue weighted by molar-refractivity contribution is 5.81. The number of ether oxygens (including phenoxy) is 3. The predicted octanol–water partition coefficient (Wildman–Crippen LogP) is 1.93. The van der Waals surface area contributed by atoms with Crippen molar-refractivity contribution in [2.24, 2.45) is 0 Å². The average molecular weight is 346 g/mol. The van der Waals surface area contributed by atoms with Gasteiger partial charge in [0.05, 0.1) is 37.2 Å². The molecule has 6 nitrogen and oxygen atoms in total. The SMILES string of the molecule is O=C([C@H]1CCCO1)N1CC[C@@H]2O[C@H](COCc3ccccn3)CC[C@@H]21. The molecule has 3 aliphatic rings. The second-order valence-electron chi connectivity index (χ2n) is 7.10. The van der Waals surface area contributed by atoms with Crippen LogP contribution in [0, 0.1) is 0 Å². The van der Waals surface area contributed by atoms with Crippen LogP contribution in [0.3, 0.4) is 0 Å². The van der Waals surface area contributed by atoms with Gasteiger partial charge in [0.2, 0.25) is 0 Å². The van der Waals surface area contributed by atoms with Gasteiger partial charge in [0.1, 0.15) is 6.10 Å². The number of likely N-dealkylation sites (tertiary alicyclic amines) is 1. The second-order valence-corrected chi connectivity index (χ2v) is 7.10. The number of aromatic nitrogens is 1. The van der Waals surface area contributed by atoms with Crippen LogP contribution in [0.25, 0.3) is 0 Å². The van der Waals surface area contributed by atoms with Crippen molar-refractivity contribution in [1.29, 1.82) is 0 Å². The van der Waals surface area contributed by atoms with Crippen molar-refractivity contribution in [3.05, 3.63) is 30.1 Å². The molecule has 3 fully saturated rings. The van der Waals surface area contributed by atoms with Crippen molar-refractivity contribution in [2.45, 2.75) is 63.1 Å². The van der Waals surface area contributed by atoms with Gasteiger partial charge in [-0.05, 0) is 44.2 Å². The van der Waals surface area contributed by atoms with E-state index in [1.165, 1.54) is 0 Å². The summed E-state index contributed by atoms with van der Waals surface area (Å²) in [7, 11) is 0. The smallest absolute Gasteiger partial charge is 0.252 e. The van der Waals surface area contributed by atoms with Crippen LogP contribution in [-0.4, -0.2) is 59.9 Å². The third-order valence-electron chi connectivity index (χ3n) is 5.40. The lowest BCUT2D eigenvalue weighted by Gasteiger charge is -2.36. The average Bonchev–Trinajstić information content (AvgIpc) is 3.32. The standard InChI is InChI=1S/C19H26N2O4/c22-19(18-5-3-11-24-18)21-10-8-17-16(21)7-6-15(25-17)13-23-12-14-4-1-2-9-20-14/h1-2,4,9,15-18H,3,5-8,10-13H2/t15-,16-,17-,18+/m0/s1. The van der Waals surface area contributed by atoms with Crippen LogP contribution in [0.5, 0.6) is 0 Å². The van der Waals surface area contributed by atoms with Crippen LogP contribution in [0.1, 0.15) is 37.8 Å². The maximum Gasteiger partial charge on any atom is 0.252 e. The van der Waals surface area contributed by atoms with E-state index in [2.05, 4.69) is 4.98 Å².